The monoisotopic (exact) mass is 320 g/mol. The lowest BCUT2D eigenvalue weighted by Gasteiger charge is -2.34. The maximum atomic E-state index is 12.6. The highest BCUT2D eigenvalue weighted by molar-refractivity contribution is 7.10. The Balaban J connectivity index is 1.59. The van der Waals surface area contributed by atoms with E-state index in [-0.39, 0.29) is 5.91 Å². The van der Waals surface area contributed by atoms with Gasteiger partial charge in [0.2, 0.25) is 0 Å². The minimum absolute atomic E-state index is 0.162. The van der Waals surface area contributed by atoms with Crippen molar-refractivity contribution in [3.8, 4) is 0 Å². The van der Waals surface area contributed by atoms with Gasteiger partial charge in [0.05, 0.1) is 5.56 Å². The zero-order valence-electron chi connectivity index (χ0n) is 14.0. The summed E-state index contributed by atoms with van der Waals surface area (Å²) in [7, 11) is 0. The van der Waals surface area contributed by atoms with Crippen molar-refractivity contribution in [2.24, 2.45) is 5.92 Å². The summed E-state index contributed by atoms with van der Waals surface area (Å²) in [5.41, 5.74) is 2.29. The maximum Gasteiger partial charge on any atom is 0.252 e. The van der Waals surface area contributed by atoms with E-state index < -0.39 is 0 Å². The van der Waals surface area contributed by atoms with Crippen LogP contribution < -0.4 is 5.32 Å². The van der Waals surface area contributed by atoms with Gasteiger partial charge in [0.25, 0.3) is 5.91 Å². The molecule has 22 heavy (non-hydrogen) atoms. The highest BCUT2D eigenvalue weighted by atomic mass is 32.1. The first-order valence-electron chi connectivity index (χ1n) is 8.68. The molecule has 3 rings (SSSR count). The van der Waals surface area contributed by atoms with Crippen LogP contribution >= 0.6 is 11.3 Å². The van der Waals surface area contributed by atoms with Gasteiger partial charge in [-0.2, -0.15) is 0 Å². The predicted octanol–water partition coefficient (Wildman–Crippen LogP) is 3.48. The molecule has 4 heteroatoms. The average molecular weight is 321 g/mol. The second kappa shape index (κ2) is 6.71. The number of nitrogens with zero attached hydrogens (tertiary/aromatic N) is 1. The molecule has 1 aliphatic carbocycles. The van der Waals surface area contributed by atoms with Gasteiger partial charge in [0, 0.05) is 35.4 Å². The highest BCUT2D eigenvalue weighted by Gasteiger charge is 2.26. The summed E-state index contributed by atoms with van der Waals surface area (Å²) in [5, 5.41) is 5.37. The third-order valence-electron chi connectivity index (χ3n) is 5.24. The first-order valence-corrected chi connectivity index (χ1v) is 9.56. The topological polar surface area (TPSA) is 32.3 Å². The van der Waals surface area contributed by atoms with Crippen molar-refractivity contribution in [3.05, 3.63) is 21.4 Å². The summed E-state index contributed by atoms with van der Waals surface area (Å²) in [6.45, 7) is 9.00. The van der Waals surface area contributed by atoms with Gasteiger partial charge in [-0.05, 0) is 57.4 Å². The Labute approximate surface area is 138 Å². The van der Waals surface area contributed by atoms with Crippen molar-refractivity contribution < 1.29 is 4.79 Å². The summed E-state index contributed by atoms with van der Waals surface area (Å²) in [4.78, 5) is 16.6. The summed E-state index contributed by atoms with van der Waals surface area (Å²) < 4.78 is 0. The van der Waals surface area contributed by atoms with Gasteiger partial charge in [-0.1, -0.05) is 6.92 Å². The van der Waals surface area contributed by atoms with Crippen molar-refractivity contribution in [3.63, 3.8) is 0 Å². The van der Waals surface area contributed by atoms with Crippen LogP contribution in [0.3, 0.4) is 0 Å². The molecular formula is C18H28N2OS. The van der Waals surface area contributed by atoms with Crippen molar-refractivity contribution in [2.45, 2.75) is 65.0 Å². The summed E-state index contributed by atoms with van der Waals surface area (Å²) in [6, 6.07) is 0.961. The standard InChI is InChI=1S/C18H28N2OS/c1-12(2)20-8-6-14(7-9-20)19-18(21)16-11-22-17-10-13(3)4-5-15(16)17/h11-14H,4-10H2,1-3H3,(H,19,21). The molecule has 1 aromatic heterocycles. The van der Waals surface area contributed by atoms with Gasteiger partial charge in [-0.15, -0.1) is 11.3 Å². The number of fused-ring (bicyclic) bond motifs is 1. The molecule has 1 atom stereocenters. The van der Waals surface area contributed by atoms with Gasteiger partial charge in [0.15, 0.2) is 0 Å². The Hall–Kier alpha value is -0.870. The Morgan fingerprint density at radius 3 is 2.73 bits per heavy atom. The predicted molar refractivity (Wildman–Crippen MR) is 92.7 cm³/mol. The van der Waals surface area contributed by atoms with Crippen molar-refractivity contribution in [2.75, 3.05) is 13.1 Å². The van der Waals surface area contributed by atoms with E-state index >= 15 is 0 Å². The first kappa shape index (κ1) is 16.0. The van der Waals surface area contributed by atoms with E-state index in [0.29, 0.717) is 12.1 Å². The van der Waals surface area contributed by atoms with Gasteiger partial charge < -0.3 is 10.2 Å². The lowest BCUT2D eigenvalue weighted by molar-refractivity contribution is 0.0900. The molecule has 0 aromatic carbocycles. The number of piperidine rings is 1. The van der Waals surface area contributed by atoms with E-state index in [1.807, 2.05) is 0 Å². The summed E-state index contributed by atoms with van der Waals surface area (Å²) in [5.74, 6) is 0.928. The molecule has 1 fully saturated rings. The molecule has 1 N–H and O–H groups in total. The van der Waals surface area contributed by atoms with Gasteiger partial charge in [-0.3, -0.25) is 4.79 Å². The smallest absolute Gasteiger partial charge is 0.252 e. The first-order chi connectivity index (χ1) is 10.5. The molecule has 1 saturated heterocycles. The van der Waals surface area contributed by atoms with Crippen molar-refractivity contribution >= 4 is 17.2 Å². The van der Waals surface area contributed by atoms with Crippen LogP contribution in [0, 0.1) is 5.92 Å². The molecule has 3 nitrogen and oxygen atoms in total. The molecule has 0 radical (unpaired) electrons. The van der Waals surface area contributed by atoms with Crippen LogP contribution in [-0.4, -0.2) is 36.0 Å². The van der Waals surface area contributed by atoms with Crippen LogP contribution in [0.2, 0.25) is 0 Å². The molecule has 1 aromatic rings. The summed E-state index contributed by atoms with van der Waals surface area (Å²) in [6.07, 6.45) is 5.60. The number of hydrogen-bond donors (Lipinski definition) is 1. The van der Waals surface area contributed by atoms with Crippen molar-refractivity contribution in [1.29, 1.82) is 0 Å². The van der Waals surface area contributed by atoms with Crippen LogP contribution in [-0.2, 0) is 12.8 Å². The van der Waals surface area contributed by atoms with Crippen LogP contribution in [0.15, 0.2) is 5.38 Å². The quantitative estimate of drug-likeness (QED) is 0.925. The number of nitrogens with one attached hydrogen (secondary N) is 1. The number of carbonyl (C=O) groups is 1. The molecule has 1 amide bonds. The molecule has 0 spiro atoms. The Bertz CT molecular complexity index is 529. The number of amides is 1. The number of thiophene rings is 1. The zero-order valence-corrected chi connectivity index (χ0v) is 14.8. The van der Waals surface area contributed by atoms with E-state index in [1.165, 1.54) is 16.9 Å². The highest BCUT2D eigenvalue weighted by Crippen LogP contribution is 2.32. The van der Waals surface area contributed by atoms with Gasteiger partial charge in [0.1, 0.15) is 0 Å². The van der Waals surface area contributed by atoms with Crippen LogP contribution in [0.5, 0.6) is 0 Å². The van der Waals surface area contributed by atoms with E-state index in [9.17, 15) is 4.79 Å². The van der Waals surface area contributed by atoms with E-state index in [0.717, 1.165) is 50.3 Å². The van der Waals surface area contributed by atoms with Crippen LogP contribution in [0.4, 0.5) is 0 Å². The summed E-state index contributed by atoms with van der Waals surface area (Å²) >= 11 is 1.78. The van der Waals surface area contributed by atoms with E-state index in [2.05, 4.69) is 36.4 Å². The molecule has 1 aliphatic heterocycles. The third-order valence-corrected chi connectivity index (χ3v) is 6.29. The normalized spacial score (nSPS) is 23.5. The molecule has 2 aliphatic rings. The minimum Gasteiger partial charge on any atom is -0.349 e. The lowest BCUT2D eigenvalue weighted by atomic mass is 9.88. The van der Waals surface area contributed by atoms with Gasteiger partial charge >= 0.3 is 0 Å². The molecule has 0 bridgehead atoms. The second-order valence-corrected chi connectivity index (χ2v) is 8.24. The third kappa shape index (κ3) is 3.38. The minimum atomic E-state index is 0.162. The SMILES string of the molecule is CC1CCc2c(C(=O)NC3CCN(C(C)C)CC3)csc2C1. The number of likely N-dealkylation sites (tertiary alicyclic amines) is 1. The molecule has 2 heterocycles. The molecular weight excluding hydrogens is 292 g/mol. The lowest BCUT2D eigenvalue weighted by Crippen LogP contribution is -2.46. The molecule has 122 valence electrons. The van der Waals surface area contributed by atoms with Crippen molar-refractivity contribution in [1.82, 2.24) is 10.2 Å². The fraction of sp³-hybridized carbons (Fsp3) is 0.722. The number of rotatable bonds is 3. The molecule has 0 saturated carbocycles. The Kier molecular flexibility index (Phi) is 4.88. The van der Waals surface area contributed by atoms with E-state index in [4.69, 9.17) is 0 Å². The largest absolute Gasteiger partial charge is 0.349 e. The Morgan fingerprint density at radius 1 is 1.32 bits per heavy atom. The fourth-order valence-corrected chi connectivity index (χ4v) is 4.94. The Morgan fingerprint density at radius 2 is 2.05 bits per heavy atom. The number of carbonyl (C=O) groups excluding carboxylic acids is 1. The van der Waals surface area contributed by atoms with Crippen LogP contribution in [0.25, 0.3) is 0 Å². The average Bonchev–Trinajstić information content (AvgIpc) is 2.90. The number of hydrogen-bond acceptors (Lipinski definition) is 3. The van der Waals surface area contributed by atoms with Crippen LogP contribution in [0.1, 0.15) is 60.8 Å². The zero-order chi connectivity index (χ0) is 15.7. The van der Waals surface area contributed by atoms with E-state index in [1.54, 1.807) is 11.3 Å². The fourth-order valence-electron chi connectivity index (χ4n) is 3.69. The molecule has 1 unspecified atom stereocenters. The second-order valence-electron chi connectivity index (χ2n) is 7.28. The van der Waals surface area contributed by atoms with Gasteiger partial charge in [-0.25, -0.2) is 0 Å². The maximum absolute atomic E-state index is 12.6.